The van der Waals surface area contributed by atoms with Crippen LogP contribution in [-0.4, -0.2) is 51.1 Å². The molecule has 4 heteroatoms. The van der Waals surface area contributed by atoms with Gasteiger partial charge in [-0.25, -0.2) is 0 Å². The number of methoxy groups -OCH3 is 2. The molecule has 2 aromatic rings. The molecule has 1 fully saturated rings. The molecule has 1 heterocycles. The number of Topliss-reactive ketones (excluding diaryl/α,β-unsaturated/α-hetero) is 1. The summed E-state index contributed by atoms with van der Waals surface area (Å²) in [5.74, 6) is 1.18. The molecule has 1 atom stereocenters. The fourth-order valence-electron chi connectivity index (χ4n) is 3.43. The molecule has 1 aliphatic heterocycles. The average molecular weight is 327 g/mol. The van der Waals surface area contributed by atoms with Crippen LogP contribution in [0, 0.1) is 5.92 Å². The van der Waals surface area contributed by atoms with Gasteiger partial charge in [0, 0.05) is 31.7 Å². The van der Waals surface area contributed by atoms with E-state index in [9.17, 15) is 4.79 Å². The van der Waals surface area contributed by atoms with Crippen molar-refractivity contribution in [2.75, 3.05) is 40.5 Å². The highest BCUT2D eigenvalue weighted by atomic mass is 16.5. The largest absolute Gasteiger partial charge is 0.497 e. The lowest BCUT2D eigenvalue weighted by molar-refractivity contribution is 0.0768. The van der Waals surface area contributed by atoms with E-state index in [2.05, 4.69) is 4.90 Å². The number of carbonyl (C=O) groups is 1. The second kappa shape index (κ2) is 7.77. The van der Waals surface area contributed by atoms with Gasteiger partial charge in [0.25, 0.3) is 0 Å². The minimum absolute atomic E-state index is 0.0892. The molecule has 0 bridgehead atoms. The standard InChI is InChI=1S/C20H25NO3/c1-23-11-10-21-9-3-4-18(14-21)20(22)17-6-5-16-13-19(24-2)8-7-15(16)12-17/h5-8,12-13,18H,3-4,9-11,14H2,1-2H3. The van der Waals surface area contributed by atoms with E-state index in [0.29, 0.717) is 0 Å². The number of hydrogen-bond acceptors (Lipinski definition) is 4. The molecule has 0 aromatic heterocycles. The molecule has 4 nitrogen and oxygen atoms in total. The topological polar surface area (TPSA) is 38.8 Å². The molecule has 0 amide bonds. The summed E-state index contributed by atoms with van der Waals surface area (Å²) < 4.78 is 10.4. The predicted molar refractivity (Wildman–Crippen MR) is 95.9 cm³/mol. The third-order valence-electron chi connectivity index (χ3n) is 4.82. The molecule has 3 rings (SSSR count). The van der Waals surface area contributed by atoms with Crippen molar-refractivity contribution >= 4 is 16.6 Å². The van der Waals surface area contributed by atoms with E-state index in [1.165, 1.54) is 0 Å². The van der Waals surface area contributed by atoms with Gasteiger partial charge in [0.15, 0.2) is 5.78 Å². The van der Waals surface area contributed by atoms with E-state index in [0.717, 1.165) is 61.2 Å². The summed E-state index contributed by atoms with van der Waals surface area (Å²) in [7, 11) is 3.38. The summed E-state index contributed by atoms with van der Waals surface area (Å²) in [6.07, 6.45) is 2.05. The van der Waals surface area contributed by atoms with Crippen molar-refractivity contribution in [3.8, 4) is 5.75 Å². The number of ketones is 1. The fourth-order valence-corrected chi connectivity index (χ4v) is 3.43. The van der Waals surface area contributed by atoms with Gasteiger partial charge in [-0.05, 0) is 48.4 Å². The number of rotatable bonds is 6. The molecule has 128 valence electrons. The van der Waals surface area contributed by atoms with Crippen molar-refractivity contribution in [2.24, 2.45) is 5.92 Å². The zero-order valence-electron chi connectivity index (χ0n) is 14.5. The van der Waals surface area contributed by atoms with Crippen LogP contribution in [0.25, 0.3) is 10.8 Å². The smallest absolute Gasteiger partial charge is 0.167 e. The van der Waals surface area contributed by atoms with Gasteiger partial charge in [0.1, 0.15) is 5.75 Å². The van der Waals surface area contributed by atoms with E-state index >= 15 is 0 Å². The highest BCUT2D eigenvalue weighted by Gasteiger charge is 2.26. The van der Waals surface area contributed by atoms with Crippen LogP contribution >= 0.6 is 0 Å². The first-order valence-electron chi connectivity index (χ1n) is 8.54. The summed E-state index contributed by atoms with van der Waals surface area (Å²) in [5, 5.41) is 2.17. The Morgan fingerprint density at radius 1 is 1.17 bits per heavy atom. The molecule has 1 saturated heterocycles. The third kappa shape index (κ3) is 3.77. The van der Waals surface area contributed by atoms with Crippen LogP contribution in [0.1, 0.15) is 23.2 Å². The maximum Gasteiger partial charge on any atom is 0.167 e. The van der Waals surface area contributed by atoms with Gasteiger partial charge in [-0.2, -0.15) is 0 Å². The molecule has 24 heavy (non-hydrogen) atoms. The van der Waals surface area contributed by atoms with Gasteiger partial charge in [0.05, 0.1) is 13.7 Å². The molecule has 1 aliphatic rings. The van der Waals surface area contributed by atoms with E-state index in [1.54, 1.807) is 14.2 Å². The van der Waals surface area contributed by atoms with Crippen LogP contribution < -0.4 is 4.74 Å². The number of likely N-dealkylation sites (tertiary alicyclic amines) is 1. The average Bonchev–Trinajstić information content (AvgIpc) is 2.65. The van der Waals surface area contributed by atoms with Crippen molar-refractivity contribution in [3.05, 3.63) is 42.0 Å². The second-order valence-electron chi connectivity index (χ2n) is 6.42. The van der Waals surface area contributed by atoms with Crippen LogP contribution in [0.5, 0.6) is 5.75 Å². The maximum absolute atomic E-state index is 12.9. The lowest BCUT2D eigenvalue weighted by Gasteiger charge is -2.31. The van der Waals surface area contributed by atoms with Gasteiger partial charge in [-0.1, -0.05) is 18.2 Å². The Morgan fingerprint density at radius 2 is 1.96 bits per heavy atom. The normalized spacial score (nSPS) is 18.7. The summed E-state index contributed by atoms with van der Waals surface area (Å²) in [6, 6.07) is 11.9. The Labute approximate surface area is 143 Å². The highest BCUT2D eigenvalue weighted by Crippen LogP contribution is 2.25. The zero-order valence-corrected chi connectivity index (χ0v) is 14.5. The lowest BCUT2D eigenvalue weighted by Crippen LogP contribution is -2.40. The maximum atomic E-state index is 12.9. The Bertz CT molecular complexity index is 713. The van der Waals surface area contributed by atoms with Crippen molar-refractivity contribution < 1.29 is 14.3 Å². The molecule has 0 radical (unpaired) electrons. The van der Waals surface area contributed by atoms with Crippen LogP contribution in [0.3, 0.4) is 0 Å². The van der Waals surface area contributed by atoms with Gasteiger partial charge < -0.3 is 14.4 Å². The molecule has 2 aromatic carbocycles. The van der Waals surface area contributed by atoms with Crippen molar-refractivity contribution in [1.82, 2.24) is 4.90 Å². The molecule has 1 unspecified atom stereocenters. The van der Waals surface area contributed by atoms with E-state index in [4.69, 9.17) is 9.47 Å². The monoisotopic (exact) mass is 327 g/mol. The summed E-state index contributed by atoms with van der Waals surface area (Å²) in [5.41, 5.74) is 0.811. The Morgan fingerprint density at radius 3 is 2.75 bits per heavy atom. The van der Waals surface area contributed by atoms with Crippen molar-refractivity contribution in [3.63, 3.8) is 0 Å². The first-order chi connectivity index (χ1) is 11.7. The first kappa shape index (κ1) is 16.9. The van der Waals surface area contributed by atoms with Crippen LogP contribution in [0.2, 0.25) is 0 Å². The fraction of sp³-hybridized carbons (Fsp3) is 0.450. The molecule has 0 spiro atoms. The Balaban J connectivity index is 1.75. The number of hydrogen-bond donors (Lipinski definition) is 0. The molecular formula is C20H25NO3. The first-order valence-corrected chi connectivity index (χ1v) is 8.54. The zero-order chi connectivity index (χ0) is 16.9. The van der Waals surface area contributed by atoms with Crippen molar-refractivity contribution in [1.29, 1.82) is 0 Å². The van der Waals surface area contributed by atoms with Gasteiger partial charge in [-0.15, -0.1) is 0 Å². The SMILES string of the molecule is COCCN1CCCC(C(=O)c2ccc3cc(OC)ccc3c2)C1. The number of benzene rings is 2. The van der Waals surface area contributed by atoms with Gasteiger partial charge in [-0.3, -0.25) is 4.79 Å². The lowest BCUT2D eigenvalue weighted by atomic mass is 9.89. The van der Waals surface area contributed by atoms with Gasteiger partial charge in [0.2, 0.25) is 0 Å². The molecule has 0 aliphatic carbocycles. The minimum Gasteiger partial charge on any atom is -0.497 e. The summed E-state index contributed by atoms with van der Waals surface area (Å²) in [6.45, 7) is 3.52. The number of nitrogens with zero attached hydrogens (tertiary/aromatic N) is 1. The summed E-state index contributed by atoms with van der Waals surface area (Å²) >= 11 is 0. The van der Waals surface area contributed by atoms with Crippen molar-refractivity contribution in [2.45, 2.75) is 12.8 Å². The Hall–Kier alpha value is -1.91. The van der Waals surface area contributed by atoms with Gasteiger partial charge >= 0.3 is 0 Å². The second-order valence-corrected chi connectivity index (χ2v) is 6.42. The van der Waals surface area contributed by atoms with Crippen LogP contribution in [0.4, 0.5) is 0 Å². The Kier molecular flexibility index (Phi) is 5.48. The van der Waals surface area contributed by atoms with E-state index in [1.807, 2.05) is 36.4 Å². The number of fused-ring (bicyclic) bond motifs is 1. The molecule has 0 saturated carbocycles. The van der Waals surface area contributed by atoms with Crippen LogP contribution in [0.15, 0.2) is 36.4 Å². The quantitative estimate of drug-likeness (QED) is 0.762. The highest BCUT2D eigenvalue weighted by molar-refractivity contribution is 6.01. The van der Waals surface area contributed by atoms with Crippen LogP contribution in [-0.2, 0) is 4.74 Å². The molecular weight excluding hydrogens is 302 g/mol. The summed E-state index contributed by atoms with van der Waals surface area (Å²) in [4.78, 5) is 15.2. The minimum atomic E-state index is 0.0892. The number of piperidine rings is 1. The third-order valence-corrected chi connectivity index (χ3v) is 4.82. The predicted octanol–water partition coefficient (Wildman–Crippen LogP) is 3.39. The number of ether oxygens (including phenoxy) is 2. The molecule has 0 N–H and O–H groups in total. The number of carbonyl (C=O) groups excluding carboxylic acids is 1. The van der Waals surface area contributed by atoms with E-state index < -0.39 is 0 Å². The van der Waals surface area contributed by atoms with E-state index in [-0.39, 0.29) is 11.7 Å².